The van der Waals surface area contributed by atoms with E-state index in [2.05, 4.69) is 111 Å². The molecular weight excluding hydrogens is 620 g/mol. The SMILES string of the molecule is CC/C=C\C/C=C\C/C=C\C/C=C\C/C=C\CCCCCC(=O)O[C@@H](CO)COC(=O)CCCCCC/C=C\C/C=C\C/C=C\CCCCC. The van der Waals surface area contributed by atoms with Crippen LogP contribution in [0.15, 0.2) is 97.2 Å². The van der Waals surface area contributed by atoms with E-state index in [1.165, 1.54) is 25.7 Å². The number of unbranched alkanes of at least 4 members (excludes halogenated alkanes) is 10. The second kappa shape index (κ2) is 40.3. The Hall–Kier alpha value is -3.18. The van der Waals surface area contributed by atoms with Crippen molar-refractivity contribution in [1.82, 2.24) is 0 Å². The number of aliphatic hydroxyl groups excluding tert-OH is 1. The van der Waals surface area contributed by atoms with Crippen LogP contribution in [0.4, 0.5) is 0 Å². The lowest BCUT2D eigenvalue weighted by Crippen LogP contribution is -2.28. The molecule has 5 heteroatoms. The molecule has 0 bridgehead atoms. The summed E-state index contributed by atoms with van der Waals surface area (Å²) in [5, 5.41) is 9.55. The molecule has 1 N–H and O–H groups in total. The molecule has 0 aliphatic carbocycles. The lowest BCUT2D eigenvalue weighted by atomic mass is 10.1. The summed E-state index contributed by atoms with van der Waals surface area (Å²) in [5.41, 5.74) is 0. The van der Waals surface area contributed by atoms with Gasteiger partial charge in [0.2, 0.25) is 0 Å². The molecule has 1 atom stereocenters. The largest absolute Gasteiger partial charge is 0.462 e. The molecule has 0 rings (SSSR count). The van der Waals surface area contributed by atoms with Gasteiger partial charge in [0.1, 0.15) is 6.61 Å². The summed E-state index contributed by atoms with van der Waals surface area (Å²) in [6, 6.07) is 0. The number of aliphatic hydroxyl groups is 1. The fourth-order valence-electron chi connectivity index (χ4n) is 4.88. The van der Waals surface area contributed by atoms with E-state index in [0.717, 1.165) is 103 Å². The van der Waals surface area contributed by atoms with Gasteiger partial charge in [-0.25, -0.2) is 0 Å². The highest BCUT2D eigenvalue weighted by atomic mass is 16.6. The molecule has 0 saturated carbocycles. The summed E-state index contributed by atoms with van der Waals surface area (Å²) in [7, 11) is 0. The van der Waals surface area contributed by atoms with E-state index in [4.69, 9.17) is 9.47 Å². The van der Waals surface area contributed by atoms with Crippen LogP contribution in [0.25, 0.3) is 0 Å². The molecular formula is C45H72O5. The van der Waals surface area contributed by atoms with Crippen LogP contribution < -0.4 is 0 Å². The van der Waals surface area contributed by atoms with Crippen molar-refractivity contribution in [2.45, 2.75) is 161 Å². The Morgan fingerprint density at radius 1 is 0.480 bits per heavy atom. The molecule has 0 aromatic carbocycles. The predicted octanol–water partition coefficient (Wildman–Crippen LogP) is 12.5. The fourth-order valence-corrected chi connectivity index (χ4v) is 4.88. The Morgan fingerprint density at radius 3 is 1.30 bits per heavy atom. The topological polar surface area (TPSA) is 72.8 Å². The Kier molecular flexibility index (Phi) is 37.7. The van der Waals surface area contributed by atoms with E-state index in [0.29, 0.717) is 12.8 Å². The molecule has 0 aliphatic heterocycles. The first-order chi connectivity index (χ1) is 24.6. The number of esters is 2. The summed E-state index contributed by atoms with van der Waals surface area (Å²) in [6.45, 7) is 3.93. The molecule has 0 amide bonds. The third-order valence-electron chi connectivity index (χ3n) is 7.86. The number of rotatable bonds is 34. The monoisotopic (exact) mass is 693 g/mol. The fraction of sp³-hybridized carbons (Fsp3) is 0.600. The van der Waals surface area contributed by atoms with Crippen LogP contribution >= 0.6 is 0 Å². The van der Waals surface area contributed by atoms with Crippen LogP contribution in [0.5, 0.6) is 0 Å². The Balaban J connectivity index is 3.72. The number of carbonyl (C=O) groups is 2. The zero-order valence-corrected chi connectivity index (χ0v) is 31.9. The van der Waals surface area contributed by atoms with E-state index < -0.39 is 6.10 Å². The van der Waals surface area contributed by atoms with Crippen LogP contribution in [0.2, 0.25) is 0 Å². The van der Waals surface area contributed by atoms with Gasteiger partial charge >= 0.3 is 11.9 Å². The highest BCUT2D eigenvalue weighted by molar-refractivity contribution is 5.70. The van der Waals surface area contributed by atoms with Gasteiger partial charge in [0.05, 0.1) is 6.61 Å². The maximum absolute atomic E-state index is 12.2. The van der Waals surface area contributed by atoms with Crippen molar-refractivity contribution in [3.8, 4) is 0 Å². The Labute approximate surface area is 307 Å². The highest BCUT2D eigenvalue weighted by Crippen LogP contribution is 2.09. The van der Waals surface area contributed by atoms with Crippen LogP contribution in [0.1, 0.15) is 155 Å². The van der Waals surface area contributed by atoms with Gasteiger partial charge in [-0.1, -0.05) is 143 Å². The zero-order chi connectivity index (χ0) is 36.4. The van der Waals surface area contributed by atoms with Gasteiger partial charge in [-0.15, -0.1) is 0 Å². The minimum absolute atomic E-state index is 0.0976. The van der Waals surface area contributed by atoms with Gasteiger partial charge in [0.15, 0.2) is 6.10 Å². The average Bonchev–Trinajstić information content (AvgIpc) is 3.12. The number of ether oxygens (including phenoxy) is 2. The highest BCUT2D eigenvalue weighted by Gasteiger charge is 2.16. The molecule has 0 unspecified atom stereocenters. The normalized spacial score (nSPS) is 13.3. The van der Waals surface area contributed by atoms with Crippen LogP contribution in [-0.2, 0) is 19.1 Å². The van der Waals surface area contributed by atoms with Crippen LogP contribution in [0, 0.1) is 0 Å². The molecule has 0 spiro atoms. The first kappa shape index (κ1) is 46.8. The van der Waals surface area contributed by atoms with Crippen molar-refractivity contribution in [2.75, 3.05) is 13.2 Å². The molecule has 0 radical (unpaired) electrons. The van der Waals surface area contributed by atoms with Gasteiger partial charge in [-0.2, -0.15) is 0 Å². The van der Waals surface area contributed by atoms with Crippen molar-refractivity contribution in [3.63, 3.8) is 0 Å². The van der Waals surface area contributed by atoms with Crippen molar-refractivity contribution in [2.24, 2.45) is 0 Å². The lowest BCUT2D eigenvalue weighted by Gasteiger charge is -2.15. The minimum Gasteiger partial charge on any atom is -0.462 e. The quantitative estimate of drug-likeness (QED) is 0.0413. The number of carbonyl (C=O) groups excluding carboxylic acids is 2. The summed E-state index contributed by atoms with van der Waals surface area (Å²) < 4.78 is 10.6. The van der Waals surface area contributed by atoms with Gasteiger partial charge in [0.25, 0.3) is 0 Å². The van der Waals surface area contributed by atoms with Crippen LogP contribution in [-0.4, -0.2) is 36.4 Å². The van der Waals surface area contributed by atoms with Gasteiger partial charge in [-0.3, -0.25) is 9.59 Å². The molecule has 0 aromatic rings. The van der Waals surface area contributed by atoms with E-state index in [-0.39, 0.29) is 25.2 Å². The second-order valence-electron chi connectivity index (χ2n) is 12.6. The van der Waals surface area contributed by atoms with E-state index in [1.54, 1.807) is 0 Å². The van der Waals surface area contributed by atoms with E-state index in [9.17, 15) is 14.7 Å². The van der Waals surface area contributed by atoms with Gasteiger partial charge < -0.3 is 14.6 Å². The third kappa shape index (κ3) is 37.6. The number of hydrogen-bond acceptors (Lipinski definition) is 5. The molecule has 0 fully saturated rings. The van der Waals surface area contributed by atoms with Crippen molar-refractivity contribution < 1.29 is 24.2 Å². The number of hydrogen-bond donors (Lipinski definition) is 1. The van der Waals surface area contributed by atoms with E-state index >= 15 is 0 Å². The molecule has 282 valence electrons. The minimum atomic E-state index is -0.804. The maximum atomic E-state index is 12.2. The molecule has 5 nitrogen and oxygen atoms in total. The summed E-state index contributed by atoms with van der Waals surface area (Å²) in [6.07, 6.45) is 56.0. The third-order valence-corrected chi connectivity index (χ3v) is 7.86. The predicted molar refractivity (Wildman–Crippen MR) is 214 cm³/mol. The van der Waals surface area contributed by atoms with Gasteiger partial charge in [-0.05, 0) is 96.3 Å². The molecule has 0 aromatic heterocycles. The second-order valence-corrected chi connectivity index (χ2v) is 12.6. The molecule has 0 saturated heterocycles. The first-order valence-electron chi connectivity index (χ1n) is 19.8. The Morgan fingerprint density at radius 2 is 0.860 bits per heavy atom. The first-order valence-corrected chi connectivity index (χ1v) is 19.8. The molecule has 0 aliphatic rings. The van der Waals surface area contributed by atoms with Crippen molar-refractivity contribution >= 4 is 11.9 Å². The van der Waals surface area contributed by atoms with Crippen molar-refractivity contribution in [3.05, 3.63) is 97.2 Å². The molecule has 50 heavy (non-hydrogen) atoms. The summed E-state index contributed by atoms with van der Waals surface area (Å²) in [5.74, 6) is -0.664. The summed E-state index contributed by atoms with van der Waals surface area (Å²) in [4.78, 5) is 24.3. The standard InChI is InChI=1S/C45H72O5/c1-3-5-7-9-11-13-15-17-19-21-22-24-26-28-30-32-34-36-38-40-45(48)50-43(41-46)42-49-44(47)39-37-35-33-31-29-27-25-23-20-18-16-14-12-10-8-6-4-2/h5,7,11-14,17-20,22,24-25,27-28,30,43,46H,3-4,6,8-10,15-16,21,23,26,29,31-42H2,1-2H3/b7-5-,13-11-,14-12-,19-17-,20-18-,24-22-,27-25-,30-28-/t43-/m0/s1. The maximum Gasteiger partial charge on any atom is 0.306 e. The average molecular weight is 693 g/mol. The van der Waals surface area contributed by atoms with Gasteiger partial charge in [0, 0.05) is 12.8 Å². The molecule has 0 heterocycles. The number of allylic oxidation sites excluding steroid dienone is 16. The van der Waals surface area contributed by atoms with E-state index in [1.807, 2.05) is 0 Å². The van der Waals surface area contributed by atoms with Crippen molar-refractivity contribution in [1.29, 1.82) is 0 Å². The summed E-state index contributed by atoms with van der Waals surface area (Å²) >= 11 is 0. The lowest BCUT2D eigenvalue weighted by molar-refractivity contribution is -0.161. The zero-order valence-electron chi connectivity index (χ0n) is 31.9. The smallest absolute Gasteiger partial charge is 0.306 e. The van der Waals surface area contributed by atoms with Crippen LogP contribution in [0.3, 0.4) is 0 Å². The Bertz CT molecular complexity index is 1010.